The molecular weight excluding hydrogens is 446 g/mol. The standard InChI is InChI=1S/C23H24ClN5O2S/c1-14-5-8-17(9-6-14)25-20(30)22-28-27-21(32-22)16-4-3-11-29(13-16)23(31)26-18-10-7-15(2)19(24)12-18/h5-10,12,16H,3-4,11,13H2,1-2H3,(H,25,30)(H,26,31)/t16-/m0/s1. The second kappa shape index (κ2) is 9.67. The van der Waals surface area contributed by atoms with Gasteiger partial charge in [0, 0.05) is 35.4 Å². The highest BCUT2D eigenvalue weighted by molar-refractivity contribution is 7.13. The van der Waals surface area contributed by atoms with Crippen molar-refractivity contribution in [1.29, 1.82) is 0 Å². The summed E-state index contributed by atoms with van der Waals surface area (Å²) in [6, 6.07) is 12.9. The summed E-state index contributed by atoms with van der Waals surface area (Å²) in [4.78, 5) is 27.1. The summed E-state index contributed by atoms with van der Waals surface area (Å²) >= 11 is 7.44. The number of nitrogens with one attached hydrogen (secondary N) is 2. The molecule has 1 atom stereocenters. The van der Waals surface area contributed by atoms with E-state index in [0.29, 0.717) is 34.5 Å². The lowest BCUT2D eigenvalue weighted by molar-refractivity contribution is 0.102. The number of aromatic nitrogens is 2. The van der Waals surface area contributed by atoms with E-state index in [2.05, 4.69) is 20.8 Å². The van der Waals surface area contributed by atoms with Crippen LogP contribution >= 0.6 is 22.9 Å². The van der Waals surface area contributed by atoms with Gasteiger partial charge in [-0.1, -0.05) is 46.7 Å². The van der Waals surface area contributed by atoms with Gasteiger partial charge in [0.15, 0.2) is 0 Å². The lowest BCUT2D eigenvalue weighted by Gasteiger charge is -2.31. The van der Waals surface area contributed by atoms with Gasteiger partial charge in [-0.3, -0.25) is 4.79 Å². The maximum atomic E-state index is 12.8. The van der Waals surface area contributed by atoms with E-state index in [1.165, 1.54) is 11.3 Å². The molecule has 3 amide bonds. The van der Waals surface area contributed by atoms with Crippen LogP contribution in [0.4, 0.5) is 16.2 Å². The number of benzene rings is 2. The minimum atomic E-state index is -0.278. The summed E-state index contributed by atoms with van der Waals surface area (Å²) < 4.78 is 0. The number of hydrogen-bond donors (Lipinski definition) is 2. The topological polar surface area (TPSA) is 87.2 Å². The van der Waals surface area contributed by atoms with E-state index in [0.717, 1.165) is 29.0 Å². The lowest BCUT2D eigenvalue weighted by atomic mass is 9.99. The maximum Gasteiger partial charge on any atom is 0.321 e. The van der Waals surface area contributed by atoms with Gasteiger partial charge >= 0.3 is 6.03 Å². The predicted molar refractivity (Wildman–Crippen MR) is 128 cm³/mol. The van der Waals surface area contributed by atoms with Crippen LogP contribution in [-0.2, 0) is 0 Å². The van der Waals surface area contributed by atoms with Gasteiger partial charge in [-0.15, -0.1) is 10.2 Å². The monoisotopic (exact) mass is 469 g/mol. The second-order valence-corrected chi connectivity index (χ2v) is 9.36. The molecule has 1 aliphatic rings. The zero-order chi connectivity index (χ0) is 22.7. The van der Waals surface area contributed by atoms with Crippen molar-refractivity contribution < 1.29 is 9.59 Å². The first-order chi connectivity index (χ1) is 15.4. The predicted octanol–water partition coefficient (Wildman–Crippen LogP) is 5.47. The van der Waals surface area contributed by atoms with Crippen molar-refractivity contribution in [3.05, 3.63) is 68.6 Å². The molecule has 0 unspecified atom stereocenters. The van der Waals surface area contributed by atoms with Crippen LogP contribution in [-0.4, -0.2) is 40.1 Å². The van der Waals surface area contributed by atoms with Gasteiger partial charge in [0.1, 0.15) is 5.01 Å². The number of nitrogens with zero attached hydrogens (tertiary/aromatic N) is 3. The lowest BCUT2D eigenvalue weighted by Crippen LogP contribution is -2.41. The average Bonchev–Trinajstić information content (AvgIpc) is 3.28. The van der Waals surface area contributed by atoms with E-state index in [9.17, 15) is 9.59 Å². The molecule has 0 saturated carbocycles. The van der Waals surface area contributed by atoms with Crippen molar-refractivity contribution in [2.75, 3.05) is 23.7 Å². The minimum absolute atomic E-state index is 0.0505. The molecule has 0 spiro atoms. The molecule has 32 heavy (non-hydrogen) atoms. The van der Waals surface area contributed by atoms with E-state index in [4.69, 9.17) is 11.6 Å². The number of anilines is 2. The third kappa shape index (κ3) is 5.26. The zero-order valence-electron chi connectivity index (χ0n) is 17.9. The number of hydrogen-bond acceptors (Lipinski definition) is 5. The number of amides is 3. The van der Waals surface area contributed by atoms with Crippen molar-refractivity contribution in [2.24, 2.45) is 0 Å². The summed E-state index contributed by atoms with van der Waals surface area (Å²) in [7, 11) is 0. The number of piperidine rings is 1. The second-order valence-electron chi connectivity index (χ2n) is 7.94. The molecule has 2 N–H and O–H groups in total. The van der Waals surface area contributed by atoms with Crippen LogP contribution in [0.5, 0.6) is 0 Å². The smallest absolute Gasteiger partial charge is 0.321 e. The normalized spacial score (nSPS) is 16.0. The van der Waals surface area contributed by atoms with Crippen molar-refractivity contribution in [3.8, 4) is 0 Å². The molecule has 9 heteroatoms. The molecule has 2 aromatic carbocycles. The van der Waals surface area contributed by atoms with Gasteiger partial charge in [0.25, 0.3) is 5.91 Å². The van der Waals surface area contributed by atoms with Crippen molar-refractivity contribution >= 4 is 46.3 Å². The molecule has 166 valence electrons. The van der Waals surface area contributed by atoms with Gasteiger partial charge in [0.05, 0.1) is 0 Å². The molecule has 1 saturated heterocycles. The fraction of sp³-hybridized carbons (Fsp3) is 0.304. The minimum Gasteiger partial charge on any atom is -0.324 e. The van der Waals surface area contributed by atoms with E-state index < -0.39 is 0 Å². The van der Waals surface area contributed by atoms with Crippen LogP contribution < -0.4 is 10.6 Å². The Kier molecular flexibility index (Phi) is 6.72. The largest absolute Gasteiger partial charge is 0.324 e. The third-order valence-electron chi connectivity index (χ3n) is 5.43. The molecule has 7 nitrogen and oxygen atoms in total. The maximum absolute atomic E-state index is 12.8. The van der Waals surface area contributed by atoms with Crippen molar-refractivity contribution in [2.45, 2.75) is 32.6 Å². The summed E-state index contributed by atoms with van der Waals surface area (Å²) in [5, 5.41) is 15.8. The Bertz CT molecular complexity index is 1130. The number of carbonyl (C=O) groups excluding carboxylic acids is 2. The highest BCUT2D eigenvalue weighted by atomic mass is 35.5. The third-order valence-corrected chi connectivity index (χ3v) is 6.92. The molecule has 0 radical (unpaired) electrons. The van der Waals surface area contributed by atoms with E-state index in [-0.39, 0.29) is 17.9 Å². The number of likely N-dealkylation sites (tertiary alicyclic amines) is 1. The number of urea groups is 1. The van der Waals surface area contributed by atoms with Gasteiger partial charge in [-0.2, -0.15) is 0 Å². The SMILES string of the molecule is Cc1ccc(NC(=O)c2nnc([C@H]3CCCN(C(=O)Nc4ccc(C)c(Cl)c4)C3)s2)cc1. The highest BCUT2D eigenvalue weighted by Gasteiger charge is 2.28. The molecule has 1 aliphatic heterocycles. The van der Waals surface area contributed by atoms with E-state index in [1.54, 1.807) is 11.0 Å². The Morgan fingerprint density at radius 1 is 1.06 bits per heavy atom. The molecule has 3 aromatic rings. The molecule has 1 aromatic heterocycles. The number of carbonyl (C=O) groups is 2. The Labute approximate surface area is 195 Å². The quantitative estimate of drug-likeness (QED) is 0.530. The zero-order valence-corrected chi connectivity index (χ0v) is 19.5. The Morgan fingerprint density at radius 3 is 2.56 bits per heavy atom. The molecule has 1 fully saturated rings. The van der Waals surface area contributed by atoms with Crippen LogP contribution in [0.1, 0.15) is 44.7 Å². The number of halogens is 1. The van der Waals surface area contributed by atoms with Crippen molar-refractivity contribution in [3.63, 3.8) is 0 Å². The van der Waals surface area contributed by atoms with Gasteiger partial charge in [0.2, 0.25) is 5.01 Å². The molecule has 0 bridgehead atoms. The Hall–Kier alpha value is -2.97. The van der Waals surface area contributed by atoms with Crippen LogP contribution in [0.2, 0.25) is 5.02 Å². The molecule has 0 aliphatic carbocycles. The van der Waals surface area contributed by atoms with Gasteiger partial charge in [-0.05, 0) is 56.5 Å². The molecule has 4 rings (SSSR count). The molecule has 2 heterocycles. The fourth-order valence-electron chi connectivity index (χ4n) is 3.55. The van der Waals surface area contributed by atoms with E-state index >= 15 is 0 Å². The van der Waals surface area contributed by atoms with Crippen LogP contribution in [0, 0.1) is 13.8 Å². The first-order valence-electron chi connectivity index (χ1n) is 10.4. The van der Waals surface area contributed by atoms with Crippen molar-refractivity contribution in [1.82, 2.24) is 15.1 Å². The van der Waals surface area contributed by atoms with Crippen LogP contribution in [0.15, 0.2) is 42.5 Å². The summed E-state index contributed by atoms with van der Waals surface area (Å²) in [6.45, 7) is 5.11. The summed E-state index contributed by atoms with van der Waals surface area (Å²) in [6.07, 6.45) is 1.76. The van der Waals surface area contributed by atoms with E-state index in [1.807, 2.05) is 50.2 Å². The number of rotatable bonds is 4. The highest BCUT2D eigenvalue weighted by Crippen LogP contribution is 2.30. The average molecular weight is 470 g/mol. The first-order valence-corrected chi connectivity index (χ1v) is 11.6. The summed E-state index contributed by atoms with van der Waals surface area (Å²) in [5.74, 6) is -0.228. The van der Waals surface area contributed by atoms with Gasteiger partial charge < -0.3 is 15.5 Å². The fourth-order valence-corrected chi connectivity index (χ4v) is 4.59. The Balaban J connectivity index is 1.38. The number of aryl methyl sites for hydroxylation is 2. The van der Waals surface area contributed by atoms with Crippen LogP contribution in [0.25, 0.3) is 0 Å². The Morgan fingerprint density at radius 2 is 1.81 bits per heavy atom. The summed E-state index contributed by atoms with van der Waals surface area (Å²) in [5.41, 5.74) is 3.46. The van der Waals surface area contributed by atoms with Crippen LogP contribution in [0.3, 0.4) is 0 Å². The first kappa shape index (κ1) is 22.2. The molecular formula is C23H24ClN5O2S. The van der Waals surface area contributed by atoms with Gasteiger partial charge in [-0.25, -0.2) is 4.79 Å².